The zero-order valence-corrected chi connectivity index (χ0v) is 11.9. The van der Waals surface area contributed by atoms with Gasteiger partial charge >= 0.3 is 0 Å². The fourth-order valence-electron chi connectivity index (χ4n) is 1.65. The molecule has 2 N–H and O–H groups in total. The molecule has 1 unspecified atom stereocenters. The molecular weight excluding hydrogens is 258 g/mol. The van der Waals surface area contributed by atoms with Crippen molar-refractivity contribution in [2.24, 2.45) is 0 Å². The van der Waals surface area contributed by atoms with E-state index in [4.69, 9.17) is 14.7 Å². The first-order chi connectivity index (χ1) is 9.63. The Morgan fingerprint density at radius 2 is 2.20 bits per heavy atom. The van der Waals surface area contributed by atoms with E-state index in [-0.39, 0.29) is 5.91 Å². The van der Waals surface area contributed by atoms with Crippen LogP contribution in [0.5, 0.6) is 5.75 Å². The van der Waals surface area contributed by atoms with Crippen LogP contribution in [0.15, 0.2) is 18.2 Å². The monoisotopic (exact) mass is 277 g/mol. The van der Waals surface area contributed by atoms with Crippen LogP contribution in [0, 0.1) is 11.3 Å². The first-order valence-electron chi connectivity index (χ1n) is 6.24. The molecule has 0 radical (unpaired) electrons. The minimum atomic E-state index is -0.491. The molecule has 20 heavy (non-hydrogen) atoms. The van der Waals surface area contributed by atoms with Crippen LogP contribution in [0.4, 0.5) is 5.69 Å². The predicted molar refractivity (Wildman–Crippen MR) is 75.7 cm³/mol. The maximum atomic E-state index is 11.9. The summed E-state index contributed by atoms with van der Waals surface area (Å²) in [5.74, 6) is 0.359. The summed E-state index contributed by atoms with van der Waals surface area (Å²) in [5.41, 5.74) is 0.952. The molecule has 0 aliphatic heterocycles. The quantitative estimate of drug-likeness (QED) is 0.730. The van der Waals surface area contributed by atoms with Crippen molar-refractivity contribution in [1.82, 2.24) is 5.32 Å². The molecule has 0 bridgehead atoms. The number of ether oxygens (including phenoxy) is 2. The lowest BCUT2D eigenvalue weighted by atomic mass is 10.1. The van der Waals surface area contributed by atoms with Crippen LogP contribution >= 0.6 is 0 Å². The predicted octanol–water partition coefficient (Wildman–Crippen LogP) is 1.13. The van der Waals surface area contributed by atoms with Crippen LogP contribution < -0.4 is 15.4 Å². The number of methoxy groups -OCH3 is 2. The van der Waals surface area contributed by atoms with E-state index in [9.17, 15) is 4.79 Å². The van der Waals surface area contributed by atoms with E-state index in [2.05, 4.69) is 16.7 Å². The lowest BCUT2D eigenvalue weighted by Crippen LogP contribution is -2.39. The van der Waals surface area contributed by atoms with Crippen LogP contribution in [-0.4, -0.2) is 39.3 Å². The molecule has 0 fully saturated rings. The molecule has 1 amide bonds. The molecule has 0 heterocycles. The number of nitriles is 1. The third-order valence-corrected chi connectivity index (χ3v) is 2.73. The van der Waals surface area contributed by atoms with Gasteiger partial charge in [-0.1, -0.05) is 6.07 Å². The number of nitrogens with one attached hydrogen (secondary N) is 2. The molecule has 0 saturated carbocycles. The Bertz CT molecular complexity index is 497. The molecule has 108 valence electrons. The number of hydrogen-bond acceptors (Lipinski definition) is 5. The summed E-state index contributed by atoms with van der Waals surface area (Å²) in [6.45, 7) is 2.62. The molecule has 1 aromatic carbocycles. The van der Waals surface area contributed by atoms with Gasteiger partial charge in [0.1, 0.15) is 17.9 Å². The van der Waals surface area contributed by atoms with Gasteiger partial charge in [-0.3, -0.25) is 4.79 Å². The third kappa shape index (κ3) is 4.14. The van der Waals surface area contributed by atoms with Gasteiger partial charge < -0.3 is 20.1 Å². The number of para-hydroxylation sites is 1. The second kappa shape index (κ2) is 8.02. The van der Waals surface area contributed by atoms with E-state index in [0.717, 1.165) is 0 Å². The minimum Gasteiger partial charge on any atom is -0.495 e. The number of hydrogen-bond donors (Lipinski definition) is 2. The van der Waals surface area contributed by atoms with Gasteiger partial charge in [-0.25, -0.2) is 0 Å². The summed E-state index contributed by atoms with van der Waals surface area (Å²) in [6.07, 6.45) is 0. The van der Waals surface area contributed by atoms with Gasteiger partial charge in [0, 0.05) is 13.7 Å². The maximum absolute atomic E-state index is 11.9. The SMILES string of the molecule is COCCNC(=O)C(C)Nc1c(C#N)cccc1OC. The van der Waals surface area contributed by atoms with Gasteiger partial charge in [-0.15, -0.1) is 0 Å². The number of amides is 1. The van der Waals surface area contributed by atoms with Gasteiger partial charge in [0.25, 0.3) is 0 Å². The van der Waals surface area contributed by atoms with Crippen LogP contribution in [0.25, 0.3) is 0 Å². The third-order valence-electron chi connectivity index (χ3n) is 2.73. The number of carbonyl (C=O) groups excluding carboxylic acids is 1. The molecule has 0 aliphatic carbocycles. The van der Waals surface area contributed by atoms with Crippen molar-refractivity contribution in [3.63, 3.8) is 0 Å². The lowest BCUT2D eigenvalue weighted by Gasteiger charge is -2.18. The van der Waals surface area contributed by atoms with Crippen molar-refractivity contribution in [1.29, 1.82) is 5.26 Å². The normalized spacial score (nSPS) is 11.3. The Balaban J connectivity index is 2.77. The highest BCUT2D eigenvalue weighted by molar-refractivity contribution is 5.85. The molecule has 6 heteroatoms. The Morgan fingerprint density at radius 3 is 2.80 bits per heavy atom. The molecular formula is C14H19N3O3. The van der Waals surface area contributed by atoms with E-state index < -0.39 is 6.04 Å². The first kappa shape index (κ1) is 15.8. The smallest absolute Gasteiger partial charge is 0.242 e. The Kier molecular flexibility index (Phi) is 6.33. The van der Waals surface area contributed by atoms with Crippen LogP contribution in [0.2, 0.25) is 0 Å². The summed E-state index contributed by atoms with van der Waals surface area (Å²) in [5, 5.41) is 14.8. The second-order valence-corrected chi connectivity index (χ2v) is 4.14. The van der Waals surface area contributed by atoms with Crippen LogP contribution in [0.3, 0.4) is 0 Å². The fraction of sp³-hybridized carbons (Fsp3) is 0.429. The highest BCUT2D eigenvalue weighted by Crippen LogP contribution is 2.28. The standard InChI is InChI=1S/C14H19N3O3/c1-10(14(18)16-7-8-19-2)17-13-11(9-15)5-4-6-12(13)20-3/h4-6,10,17H,7-8H2,1-3H3,(H,16,18). The Morgan fingerprint density at radius 1 is 1.45 bits per heavy atom. The average Bonchev–Trinajstić information content (AvgIpc) is 2.47. The number of nitrogens with zero attached hydrogens (tertiary/aromatic N) is 1. The highest BCUT2D eigenvalue weighted by atomic mass is 16.5. The molecule has 1 aromatic rings. The number of benzene rings is 1. The highest BCUT2D eigenvalue weighted by Gasteiger charge is 2.16. The second-order valence-electron chi connectivity index (χ2n) is 4.14. The molecule has 1 atom stereocenters. The molecule has 0 aliphatic rings. The van der Waals surface area contributed by atoms with Crippen molar-refractivity contribution < 1.29 is 14.3 Å². The summed E-state index contributed by atoms with van der Waals surface area (Å²) in [6, 6.07) is 6.71. The summed E-state index contributed by atoms with van der Waals surface area (Å²) in [4.78, 5) is 11.9. The van der Waals surface area contributed by atoms with Gasteiger partial charge in [0.2, 0.25) is 5.91 Å². The van der Waals surface area contributed by atoms with E-state index >= 15 is 0 Å². The van der Waals surface area contributed by atoms with Crippen LogP contribution in [-0.2, 0) is 9.53 Å². The molecule has 0 saturated heterocycles. The number of anilines is 1. The Labute approximate surface area is 118 Å². The van der Waals surface area contributed by atoms with Gasteiger partial charge in [0.15, 0.2) is 0 Å². The largest absolute Gasteiger partial charge is 0.495 e. The van der Waals surface area contributed by atoms with Gasteiger partial charge in [-0.05, 0) is 19.1 Å². The van der Waals surface area contributed by atoms with Crippen molar-refractivity contribution in [2.45, 2.75) is 13.0 Å². The average molecular weight is 277 g/mol. The molecule has 1 rings (SSSR count). The maximum Gasteiger partial charge on any atom is 0.242 e. The van der Waals surface area contributed by atoms with E-state index in [1.54, 1.807) is 32.2 Å². The van der Waals surface area contributed by atoms with Gasteiger partial charge in [0.05, 0.1) is 25.0 Å². The first-order valence-corrected chi connectivity index (χ1v) is 6.24. The summed E-state index contributed by atoms with van der Waals surface area (Å²) in [7, 11) is 3.09. The van der Waals surface area contributed by atoms with Crippen molar-refractivity contribution in [3.8, 4) is 11.8 Å². The number of rotatable bonds is 7. The Hall–Kier alpha value is -2.26. The molecule has 0 spiro atoms. The van der Waals surface area contributed by atoms with E-state index in [1.165, 1.54) is 7.11 Å². The minimum absolute atomic E-state index is 0.170. The van der Waals surface area contributed by atoms with Crippen LogP contribution in [0.1, 0.15) is 12.5 Å². The summed E-state index contributed by atoms with van der Waals surface area (Å²) >= 11 is 0. The van der Waals surface area contributed by atoms with Crippen molar-refractivity contribution >= 4 is 11.6 Å². The lowest BCUT2D eigenvalue weighted by molar-refractivity contribution is -0.121. The molecule has 0 aromatic heterocycles. The van der Waals surface area contributed by atoms with Crippen molar-refractivity contribution in [3.05, 3.63) is 23.8 Å². The zero-order valence-electron chi connectivity index (χ0n) is 11.9. The summed E-state index contributed by atoms with van der Waals surface area (Å²) < 4.78 is 10.1. The number of carbonyl (C=O) groups is 1. The molecule has 6 nitrogen and oxygen atoms in total. The van der Waals surface area contributed by atoms with Gasteiger partial charge in [-0.2, -0.15) is 5.26 Å². The van der Waals surface area contributed by atoms with E-state index in [1.807, 2.05) is 0 Å². The zero-order chi connectivity index (χ0) is 15.0. The topological polar surface area (TPSA) is 83.4 Å². The van der Waals surface area contributed by atoms with E-state index in [0.29, 0.717) is 30.2 Å². The fourth-order valence-corrected chi connectivity index (χ4v) is 1.65. The van der Waals surface area contributed by atoms with Crippen molar-refractivity contribution in [2.75, 3.05) is 32.7 Å².